The van der Waals surface area contributed by atoms with Crippen molar-refractivity contribution in [1.29, 1.82) is 0 Å². The molecule has 0 unspecified atom stereocenters. The molecule has 0 aromatic heterocycles. The number of phenolic OH excluding ortho intramolecular Hbond substituents is 1. The fraction of sp³-hybridized carbons (Fsp3) is 0.235. The Hall–Kier alpha value is -2.80. The lowest BCUT2D eigenvalue weighted by molar-refractivity contribution is -0.385. The van der Waals surface area contributed by atoms with E-state index in [1.54, 1.807) is 12.1 Å². The van der Waals surface area contributed by atoms with E-state index in [0.29, 0.717) is 25.5 Å². The molecule has 0 aliphatic heterocycles. The Bertz CT molecular complexity index is 762. The zero-order chi connectivity index (χ0) is 18.2. The van der Waals surface area contributed by atoms with Gasteiger partial charge in [-0.05, 0) is 37.3 Å². The molecule has 2 aromatic carbocycles. The summed E-state index contributed by atoms with van der Waals surface area (Å²) in [5, 5.41) is 20.8. The number of nitro groups is 1. The Morgan fingerprint density at radius 2 is 1.88 bits per heavy atom. The molecule has 1 N–H and O–H groups in total. The molecule has 0 amide bonds. The highest BCUT2D eigenvalue weighted by Crippen LogP contribution is 2.32. The number of ether oxygens (including phenoxy) is 2. The Kier molecular flexibility index (Phi) is 6.59. The van der Waals surface area contributed by atoms with Crippen molar-refractivity contribution in [1.82, 2.24) is 0 Å². The number of halogens is 1. The van der Waals surface area contributed by atoms with Crippen LogP contribution in [0.25, 0.3) is 0 Å². The van der Waals surface area contributed by atoms with Crippen molar-refractivity contribution in [3.8, 4) is 17.2 Å². The standard InChI is InChI=1S/C17H17ClN2O5/c1-2-24-14-3-5-15(6-4-14)25-8-7-19-11-12-9-13(18)10-16(17(12)21)20(22)23/h3-6,9-11,21H,2,7-8H2,1H3. The van der Waals surface area contributed by atoms with Crippen LogP contribution in [0, 0.1) is 10.1 Å². The van der Waals surface area contributed by atoms with Crippen LogP contribution in [0.15, 0.2) is 41.4 Å². The van der Waals surface area contributed by atoms with Gasteiger partial charge in [-0.2, -0.15) is 0 Å². The summed E-state index contributed by atoms with van der Waals surface area (Å²) >= 11 is 5.81. The quantitative estimate of drug-likeness (QED) is 0.332. The third kappa shape index (κ3) is 5.36. The first-order valence-corrected chi connectivity index (χ1v) is 7.91. The zero-order valence-electron chi connectivity index (χ0n) is 13.5. The van der Waals surface area contributed by atoms with Gasteiger partial charge in [0.25, 0.3) is 0 Å². The van der Waals surface area contributed by atoms with Crippen molar-refractivity contribution < 1.29 is 19.5 Å². The summed E-state index contributed by atoms with van der Waals surface area (Å²) in [6, 6.07) is 9.70. The monoisotopic (exact) mass is 364 g/mol. The molecule has 0 aliphatic carbocycles. The largest absolute Gasteiger partial charge is 0.502 e. The molecule has 0 radical (unpaired) electrons. The molecule has 132 valence electrons. The van der Waals surface area contributed by atoms with Gasteiger partial charge in [0.2, 0.25) is 5.75 Å². The van der Waals surface area contributed by atoms with Crippen LogP contribution in [-0.2, 0) is 0 Å². The molecule has 7 nitrogen and oxygen atoms in total. The molecule has 0 saturated carbocycles. The minimum absolute atomic E-state index is 0.150. The van der Waals surface area contributed by atoms with E-state index in [2.05, 4.69) is 4.99 Å². The normalized spacial score (nSPS) is 10.8. The van der Waals surface area contributed by atoms with Gasteiger partial charge in [-0.3, -0.25) is 15.1 Å². The summed E-state index contributed by atoms with van der Waals surface area (Å²) in [5.74, 6) is 0.983. The predicted molar refractivity (Wildman–Crippen MR) is 95.3 cm³/mol. The molecule has 2 rings (SSSR count). The van der Waals surface area contributed by atoms with E-state index < -0.39 is 16.4 Å². The highest BCUT2D eigenvalue weighted by molar-refractivity contribution is 6.31. The average molecular weight is 365 g/mol. The van der Waals surface area contributed by atoms with Crippen LogP contribution < -0.4 is 9.47 Å². The zero-order valence-corrected chi connectivity index (χ0v) is 14.3. The van der Waals surface area contributed by atoms with Crippen molar-refractivity contribution in [2.24, 2.45) is 4.99 Å². The van der Waals surface area contributed by atoms with E-state index in [1.165, 1.54) is 12.3 Å². The van der Waals surface area contributed by atoms with Crippen LogP contribution in [-0.4, -0.2) is 36.0 Å². The summed E-state index contributed by atoms with van der Waals surface area (Å²) in [7, 11) is 0. The Balaban J connectivity index is 1.90. The summed E-state index contributed by atoms with van der Waals surface area (Å²) in [6.45, 7) is 3.14. The summed E-state index contributed by atoms with van der Waals surface area (Å²) in [5.41, 5.74) is -0.278. The van der Waals surface area contributed by atoms with Crippen molar-refractivity contribution in [3.05, 3.63) is 57.1 Å². The number of hydrogen-bond acceptors (Lipinski definition) is 6. The maximum atomic E-state index is 10.8. The van der Waals surface area contributed by atoms with Crippen LogP contribution in [0.2, 0.25) is 5.02 Å². The Morgan fingerprint density at radius 1 is 1.24 bits per heavy atom. The molecule has 0 atom stereocenters. The maximum Gasteiger partial charge on any atom is 0.312 e. The number of hydrogen-bond donors (Lipinski definition) is 1. The topological polar surface area (TPSA) is 94.2 Å². The van der Waals surface area contributed by atoms with Gasteiger partial charge in [-0.1, -0.05) is 11.6 Å². The Morgan fingerprint density at radius 3 is 2.48 bits per heavy atom. The minimum Gasteiger partial charge on any atom is -0.502 e. The van der Waals surface area contributed by atoms with Crippen molar-refractivity contribution in [2.45, 2.75) is 6.92 Å². The SMILES string of the molecule is CCOc1ccc(OCCN=Cc2cc(Cl)cc([N+](=O)[O-])c2O)cc1. The number of nitro benzene ring substituents is 1. The van der Waals surface area contributed by atoms with Crippen molar-refractivity contribution >= 4 is 23.5 Å². The van der Waals surface area contributed by atoms with Gasteiger partial charge in [0.1, 0.15) is 18.1 Å². The van der Waals surface area contributed by atoms with E-state index in [1.807, 2.05) is 19.1 Å². The number of rotatable bonds is 8. The lowest BCUT2D eigenvalue weighted by Crippen LogP contribution is -2.01. The summed E-state index contributed by atoms with van der Waals surface area (Å²) in [6.07, 6.45) is 1.33. The molecule has 8 heteroatoms. The fourth-order valence-corrected chi connectivity index (χ4v) is 2.24. The maximum absolute atomic E-state index is 10.8. The van der Waals surface area contributed by atoms with Crippen LogP contribution in [0.5, 0.6) is 17.2 Å². The van der Waals surface area contributed by atoms with Gasteiger partial charge in [0.05, 0.1) is 18.1 Å². The number of aromatic hydroxyl groups is 1. The van der Waals surface area contributed by atoms with E-state index in [9.17, 15) is 15.2 Å². The Labute approximate surface area is 149 Å². The van der Waals surface area contributed by atoms with Gasteiger partial charge < -0.3 is 14.6 Å². The molecular weight excluding hydrogens is 348 g/mol. The number of benzene rings is 2. The first-order chi connectivity index (χ1) is 12.0. The van der Waals surface area contributed by atoms with Gasteiger partial charge in [0, 0.05) is 22.9 Å². The van der Waals surface area contributed by atoms with Gasteiger partial charge >= 0.3 is 5.69 Å². The lowest BCUT2D eigenvalue weighted by Gasteiger charge is -2.06. The first-order valence-electron chi connectivity index (χ1n) is 7.53. The van der Waals surface area contributed by atoms with Crippen molar-refractivity contribution in [3.63, 3.8) is 0 Å². The highest BCUT2D eigenvalue weighted by Gasteiger charge is 2.17. The van der Waals surface area contributed by atoms with Crippen LogP contribution in [0.4, 0.5) is 5.69 Å². The number of nitrogens with zero attached hydrogens (tertiary/aromatic N) is 2. The van der Waals surface area contributed by atoms with E-state index in [0.717, 1.165) is 11.8 Å². The molecule has 0 bridgehead atoms. The third-order valence-corrected chi connectivity index (χ3v) is 3.35. The summed E-state index contributed by atoms with van der Waals surface area (Å²) in [4.78, 5) is 14.2. The second-order valence-electron chi connectivity index (χ2n) is 4.91. The third-order valence-electron chi connectivity index (χ3n) is 3.13. The van der Waals surface area contributed by atoms with E-state index in [-0.39, 0.29) is 10.6 Å². The van der Waals surface area contributed by atoms with E-state index in [4.69, 9.17) is 21.1 Å². The number of phenols is 1. The van der Waals surface area contributed by atoms with E-state index >= 15 is 0 Å². The van der Waals surface area contributed by atoms with Crippen molar-refractivity contribution in [2.75, 3.05) is 19.8 Å². The second kappa shape index (κ2) is 8.89. The molecule has 0 fully saturated rings. The molecule has 0 spiro atoms. The van der Waals surface area contributed by atoms with Gasteiger partial charge in [0.15, 0.2) is 0 Å². The molecule has 0 aliphatic rings. The van der Waals surface area contributed by atoms with Gasteiger partial charge in [-0.15, -0.1) is 0 Å². The molecular formula is C17H17ClN2O5. The van der Waals surface area contributed by atoms with Crippen LogP contribution in [0.3, 0.4) is 0 Å². The number of aliphatic imine (C=N–C) groups is 1. The highest BCUT2D eigenvalue weighted by atomic mass is 35.5. The fourth-order valence-electron chi connectivity index (χ4n) is 2.02. The predicted octanol–water partition coefficient (Wildman–Crippen LogP) is 3.85. The lowest BCUT2D eigenvalue weighted by atomic mass is 10.2. The molecule has 2 aromatic rings. The first kappa shape index (κ1) is 18.5. The molecule has 0 heterocycles. The van der Waals surface area contributed by atoms with Gasteiger partial charge in [-0.25, -0.2) is 0 Å². The molecule has 0 saturated heterocycles. The smallest absolute Gasteiger partial charge is 0.312 e. The summed E-state index contributed by atoms with van der Waals surface area (Å²) < 4.78 is 10.9. The van der Waals surface area contributed by atoms with Crippen LogP contribution in [0.1, 0.15) is 12.5 Å². The molecule has 25 heavy (non-hydrogen) atoms. The van der Waals surface area contributed by atoms with Crippen LogP contribution >= 0.6 is 11.6 Å². The average Bonchev–Trinajstić information content (AvgIpc) is 2.58. The second-order valence-corrected chi connectivity index (χ2v) is 5.34. The minimum atomic E-state index is -0.701.